The molecule has 1 amide bonds. The number of amides is 1. The van der Waals surface area contributed by atoms with Gasteiger partial charge in [0.1, 0.15) is 11.2 Å². The second-order valence-corrected chi connectivity index (χ2v) is 9.03. The van der Waals surface area contributed by atoms with Crippen LogP contribution in [0.15, 0.2) is 71.8 Å². The number of carbonyl (C=O) groups excluding carboxylic acids is 1. The lowest BCUT2D eigenvalue weighted by atomic mass is 9.87. The molecule has 0 radical (unpaired) electrons. The van der Waals surface area contributed by atoms with Crippen molar-refractivity contribution >= 4 is 27.5 Å². The molecule has 2 aromatic heterocycles. The number of nitrogens with zero attached hydrogens (tertiary/aromatic N) is 3. The second kappa shape index (κ2) is 8.12. The van der Waals surface area contributed by atoms with Crippen LogP contribution in [0, 0.1) is 0 Å². The van der Waals surface area contributed by atoms with Gasteiger partial charge in [-0.25, -0.2) is 4.98 Å². The highest BCUT2D eigenvalue weighted by molar-refractivity contribution is 7.22. The zero-order chi connectivity index (χ0) is 21.4. The first kappa shape index (κ1) is 19.7. The molecule has 6 heteroatoms. The number of thiophene rings is 1. The minimum absolute atomic E-state index is 0.00445. The Hall–Kier alpha value is -3.25. The van der Waals surface area contributed by atoms with E-state index in [1.807, 2.05) is 55.6 Å². The average molecular weight is 430 g/mol. The van der Waals surface area contributed by atoms with E-state index in [0.29, 0.717) is 10.2 Å². The third-order valence-electron chi connectivity index (χ3n) is 6.07. The Morgan fingerprint density at radius 2 is 1.94 bits per heavy atom. The third-order valence-corrected chi connectivity index (χ3v) is 7.23. The molecule has 0 N–H and O–H groups in total. The van der Waals surface area contributed by atoms with Gasteiger partial charge in [-0.05, 0) is 42.0 Å². The van der Waals surface area contributed by atoms with Gasteiger partial charge in [0, 0.05) is 11.9 Å². The van der Waals surface area contributed by atoms with E-state index in [0.717, 1.165) is 29.7 Å². The molecule has 5 nitrogen and oxygen atoms in total. The van der Waals surface area contributed by atoms with Crippen LogP contribution in [0.2, 0.25) is 0 Å². The van der Waals surface area contributed by atoms with Crippen LogP contribution < -0.4 is 5.56 Å². The summed E-state index contributed by atoms with van der Waals surface area (Å²) in [5.74, 6) is -0.0789. The van der Waals surface area contributed by atoms with Gasteiger partial charge in [0.05, 0.1) is 17.9 Å². The number of likely N-dealkylation sites (N-methyl/N-ethyl adjacent to an activating group) is 1. The lowest BCUT2D eigenvalue weighted by Crippen LogP contribution is -2.37. The van der Waals surface area contributed by atoms with Crippen LogP contribution in [0.5, 0.6) is 0 Å². The minimum Gasteiger partial charge on any atom is -0.337 e. The summed E-state index contributed by atoms with van der Waals surface area (Å²) in [4.78, 5) is 33.4. The van der Waals surface area contributed by atoms with Crippen molar-refractivity contribution in [3.8, 4) is 10.4 Å². The van der Waals surface area contributed by atoms with E-state index in [4.69, 9.17) is 0 Å². The number of benzene rings is 2. The van der Waals surface area contributed by atoms with Gasteiger partial charge < -0.3 is 4.90 Å². The average Bonchev–Trinajstić information content (AvgIpc) is 3.26. The summed E-state index contributed by atoms with van der Waals surface area (Å²) >= 11 is 1.42. The van der Waals surface area contributed by atoms with Crippen LogP contribution >= 0.6 is 11.3 Å². The number of fused-ring (bicyclic) bond motifs is 2. The number of hydrogen-bond acceptors (Lipinski definition) is 4. The molecule has 0 saturated heterocycles. The number of carbonyl (C=O) groups is 1. The fourth-order valence-corrected chi connectivity index (χ4v) is 5.43. The van der Waals surface area contributed by atoms with Crippen molar-refractivity contribution < 1.29 is 4.79 Å². The molecule has 0 spiro atoms. The van der Waals surface area contributed by atoms with E-state index in [9.17, 15) is 9.59 Å². The fraction of sp³-hybridized carbons (Fsp3) is 0.240. The number of rotatable bonds is 4. The highest BCUT2D eigenvalue weighted by atomic mass is 32.1. The standard InChI is InChI=1S/C25H23N3O2S/c1-27(21-13-7-11-17-8-5-6-12-19(17)21)23(29)15-28-16-26-20-14-22(31-24(20)25(28)30)18-9-3-2-4-10-18/h2-6,8-10,12,14,16,21H,7,11,13,15H2,1H3. The normalized spacial score (nSPS) is 15.6. The topological polar surface area (TPSA) is 55.2 Å². The molecule has 4 aromatic rings. The first-order chi connectivity index (χ1) is 15.1. The summed E-state index contributed by atoms with van der Waals surface area (Å²) in [6, 6.07) is 20.3. The molecule has 1 atom stereocenters. The summed E-state index contributed by atoms with van der Waals surface area (Å²) < 4.78 is 2.01. The Bertz CT molecular complexity index is 1310. The van der Waals surface area contributed by atoms with Crippen LogP contribution in [0.25, 0.3) is 20.7 Å². The molecule has 0 aliphatic heterocycles. The number of hydrogen-bond donors (Lipinski definition) is 0. The molecule has 1 unspecified atom stereocenters. The third kappa shape index (κ3) is 3.68. The number of aromatic nitrogens is 2. The Morgan fingerprint density at radius 1 is 1.16 bits per heavy atom. The smallest absolute Gasteiger partial charge is 0.271 e. The van der Waals surface area contributed by atoms with Crippen LogP contribution in [0.4, 0.5) is 0 Å². The Kier molecular flexibility index (Phi) is 5.16. The largest absolute Gasteiger partial charge is 0.337 e. The van der Waals surface area contributed by atoms with Gasteiger partial charge in [0.2, 0.25) is 5.91 Å². The van der Waals surface area contributed by atoms with Gasteiger partial charge in [-0.1, -0.05) is 54.6 Å². The molecular formula is C25H23N3O2S. The molecule has 2 aromatic carbocycles. The van der Waals surface area contributed by atoms with Gasteiger partial charge >= 0.3 is 0 Å². The van der Waals surface area contributed by atoms with Crippen molar-refractivity contribution in [3.63, 3.8) is 0 Å². The van der Waals surface area contributed by atoms with Crippen LogP contribution in [0.3, 0.4) is 0 Å². The van der Waals surface area contributed by atoms with Crippen LogP contribution in [-0.2, 0) is 17.8 Å². The van der Waals surface area contributed by atoms with E-state index in [2.05, 4.69) is 17.1 Å². The Morgan fingerprint density at radius 3 is 2.77 bits per heavy atom. The fourth-order valence-electron chi connectivity index (χ4n) is 4.36. The maximum Gasteiger partial charge on any atom is 0.271 e. The molecule has 0 fully saturated rings. The van der Waals surface area contributed by atoms with Crippen LogP contribution in [0.1, 0.15) is 30.0 Å². The molecular weight excluding hydrogens is 406 g/mol. The molecule has 0 bridgehead atoms. The van der Waals surface area contributed by atoms with E-state index in [1.54, 1.807) is 4.90 Å². The van der Waals surface area contributed by atoms with Crippen LogP contribution in [-0.4, -0.2) is 27.4 Å². The summed E-state index contributed by atoms with van der Waals surface area (Å²) in [5, 5.41) is 0. The summed E-state index contributed by atoms with van der Waals surface area (Å²) in [7, 11) is 1.84. The molecule has 2 heterocycles. The number of aryl methyl sites for hydroxylation is 1. The van der Waals surface area contributed by atoms with E-state index in [1.165, 1.54) is 33.4 Å². The SMILES string of the molecule is CN(C(=O)Cn1cnc2cc(-c3ccccc3)sc2c1=O)C1CCCc2ccccc21. The quantitative estimate of drug-likeness (QED) is 0.474. The molecule has 1 aliphatic carbocycles. The van der Waals surface area contributed by atoms with E-state index >= 15 is 0 Å². The first-order valence-corrected chi connectivity index (χ1v) is 11.3. The van der Waals surface area contributed by atoms with Gasteiger partial charge in [-0.2, -0.15) is 0 Å². The van der Waals surface area contributed by atoms with Gasteiger partial charge in [-0.15, -0.1) is 11.3 Å². The molecule has 156 valence electrons. The Labute approximate surface area is 184 Å². The van der Waals surface area contributed by atoms with Gasteiger partial charge in [-0.3, -0.25) is 14.2 Å². The van der Waals surface area contributed by atoms with Crippen molar-refractivity contribution in [2.24, 2.45) is 0 Å². The monoisotopic (exact) mass is 429 g/mol. The van der Waals surface area contributed by atoms with Crippen molar-refractivity contribution in [3.05, 3.63) is 88.5 Å². The predicted octanol–water partition coefficient (Wildman–Crippen LogP) is 4.66. The van der Waals surface area contributed by atoms with Crippen molar-refractivity contribution in [1.29, 1.82) is 0 Å². The molecule has 1 aliphatic rings. The molecule has 31 heavy (non-hydrogen) atoms. The van der Waals surface area contributed by atoms with Gasteiger partial charge in [0.15, 0.2) is 0 Å². The zero-order valence-corrected chi connectivity index (χ0v) is 18.1. The lowest BCUT2D eigenvalue weighted by Gasteiger charge is -2.33. The zero-order valence-electron chi connectivity index (χ0n) is 17.3. The maximum absolute atomic E-state index is 13.1. The summed E-state index contributed by atoms with van der Waals surface area (Å²) in [6.07, 6.45) is 4.55. The van der Waals surface area contributed by atoms with Crippen molar-refractivity contribution in [1.82, 2.24) is 14.5 Å². The minimum atomic E-state index is -0.164. The second-order valence-electron chi connectivity index (χ2n) is 7.98. The summed E-state index contributed by atoms with van der Waals surface area (Å²) in [5.41, 5.74) is 4.10. The van der Waals surface area contributed by atoms with Crippen molar-refractivity contribution in [2.45, 2.75) is 31.8 Å². The highest BCUT2D eigenvalue weighted by Crippen LogP contribution is 2.34. The molecule has 5 rings (SSSR count). The highest BCUT2D eigenvalue weighted by Gasteiger charge is 2.26. The maximum atomic E-state index is 13.1. The predicted molar refractivity (Wildman–Crippen MR) is 124 cm³/mol. The summed E-state index contributed by atoms with van der Waals surface area (Å²) in [6.45, 7) is -0.00445. The first-order valence-electron chi connectivity index (χ1n) is 10.5. The van der Waals surface area contributed by atoms with Gasteiger partial charge in [0.25, 0.3) is 5.56 Å². The lowest BCUT2D eigenvalue weighted by molar-refractivity contribution is -0.133. The van der Waals surface area contributed by atoms with E-state index < -0.39 is 0 Å². The Balaban J connectivity index is 1.41. The van der Waals surface area contributed by atoms with Crippen molar-refractivity contribution in [2.75, 3.05) is 7.05 Å². The van der Waals surface area contributed by atoms with E-state index in [-0.39, 0.29) is 24.1 Å². The molecule has 0 saturated carbocycles.